The van der Waals surface area contributed by atoms with Crippen LogP contribution in [0.5, 0.6) is 0 Å². The molecular weight excluding hydrogens is 344 g/mol. The zero-order valence-corrected chi connectivity index (χ0v) is 15.8. The number of imide groups is 1. The molecule has 2 fully saturated rings. The van der Waals surface area contributed by atoms with E-state index < -0.39 is 0 Å². The van der Waals surface area contributed by atoms with Gasteiger partial charge in [-0.2, -0.15) is 5.10 Å². The van der Waals surface area contributed by atoms with Gasteiger partial charge >= 0.3 is 0 Å². The third-order valence-electron chi connectivity index (χ3n) is 5.81. The van der Waals surface area contributed by atoms with Gasteiger partial charge in [0.15, 0.2) is 5.96 Å². The first kappa shape index (κ1) is 17.8. The van der Waals surface area contributed by atoms with Crippen LogP contribution in [0.2, 0.25) is 0 Å². The second-order valence-electron chi connectivity index (χ2n) is 7.53. The summed E-state index contributed by atoms with van der Waals surface area (Å²) < 4.78 is 1.87. The van der Waals surface area contributed by atoms with Crippen molar-refractivity contribution in [3.05, 3.63) is 30.1 Å². The molecular formula is C19H26N6O2. The molecule has 4 rings (SSSR count). The van der Waals surface area contributed by atoms with Gasteiger partial charge in [0.25, 0.3) is 0 Å². The Balaban J connectivity index is 1.23. The number of hydrogen-bond acceptors (Lipinski definition) is 4. The van der Waals surface area contributed by atoms with E-state index in [1.165, 1.54) is 4.90 Å². The average Bonchev–Trinajstić information content (AvgIpc) is 3.41. The molecule has 1 saturated heterocycles. The highest BCUT2D eigenvalue weighted by molar-refractivity contribution is 6.06. The van der Waals surface area contributed by atoms with Crippen LogP contribution >= 0.6 is 0 Å². The summed E-state index contributed by atoms with van der Waals surface area (Å²) in [4.78, 5) is 30.9. The molecule has 2 N–H and O–H groups in total. The molecule has 2 bridgehead atoms. The Bertz CT molecular complexity index is 768. The molecule has 0 radical (unpaired) electrons. The van der Waals surface area contributed by atoms with E-state index >= 15 is 0 Å². The van der Waals surface area contributed by atoms with E-state index in [9.17, 15) is 9.59 Å². The van der Waals surface area contributed by atoms with Gasteiger partial charge in [-0.3, -0.25) is 24.2 Å². The number of nitrogens with one attached hydrogen (secondary N) is 2. The predicted molar refractivity (Wildman–Crippen MR) is 101 cm³/mol. The number of aromatic nitrogens is 2. The van der Waals surface area contributed by atoms with Crippen LogP contribution in [0.25, 0.3) is 0 Å². The number of likely N-dealkylation sites (tertiary alicyclic amines) is 1. The smallest absolute Gasteiger partial charge is 0.233 e. The Labute approximate surface area is 158 Å². The summed E-state index contributed by atoms with van der Waals surface area (Å²) in [7, 11) is 1.70. The predicted octanol–water partition coefficient (Wildman–Crippen LogP) is 0.164. The van der Waals surface area contributed by atoms with E-state index in [0.29, 0.717) is 25.6 Å². The average molecular weight is 370 g/mol. The molecule has 8 nitrogen and oxygen atoms in total. The van der Waals surface area contributed by atoms with Gasteiger partial charge in [-0.05, 0) is 30.7 Å². The highest BCUT2D eigenvalue weighted by Crippen LogP contribution is 2.52. The van der Waals surface area contributed by atoms with E-state index in [2.05, 4.69) is 32.9 Å². The number of aryl methyl sites for hydroxylation is 1. The minimum absolute atomic E-state index is 0.000600. The summed E-state index contributed by atoms with van der Waals surface area (Å²) in [5.74, 6) is 0.927. The summed E-state index contributed by atoms with van der Waals surface area (Å²) in [6.07, 6.45) is 9.01. The quantitative estimate of drug-likeness (QED) is 0.322. The number of carbonyl (C=O) groups excluding carboxylic acids is 2. The van der Waals surface area contributed by atoms with Gasteiger partial charge in [0.05, 0.1) is 24.6 Å². The fourth-order valence-electron chi connectivity index (χ4n) is 4.57. The van der Waals surface area contributed by atoms with Gasteiger partial charge in [-0.1, -0.05) is 12.2 Å². The first-order chi connectivity index (χ1) is 13.1. The summed E-state index contributed by atoms with van der Waals surface area (Å²) in [5, 5.41) is 10.6. The van der Waals surface area contributed by atoms with Crippen molar-refractivity contribution in [3.8, 4) is 0 Å². The number of nitrogens with zero attached hydrogens (tertiary/aromatic N) is 4. The second-order valence-corrected chi connectivity index (χ2v) is 7.53. The van der Waals surface area contributed by atoms with E-state index in [4.69, 9.17) is 0 Å². The number of carbonyl (C=O) groups is 2. The van der Waals surface area contributed by atoms with Gasteiger partial charge < -0.3 is 10.6 Å². The first-order valence-electron chi connectivity index (χ1n) is 9.55. The van der Waals surface area contributed by atoms with Crippen LogP contribution in [0.1, 0.15) is 12.0 Å². The van der Waals surface area contributed by atoms with Crippen molar-refractivity contribution < 1.29 is 9.59 Å². The molecule has 27 heavy (non-hydrogen) atoms. The van der Waals surface area contributed by atoms with E-state index in [1.807, 2.05) is 24.0 Å². The summed E-state index contributed by atoms with van der Waals surface area (Å²) in [5.41, 5.74) is 1.13. The third-order valence-corrected chi connectivity index (χ3v) is 5.81. The molecule has 2 aliphatic carbocycles. The molecule has 0 aromatic carbocycles. The fraction of sp³-hybridized carbons (Fsp3) is 0.579. The van der Waals surface area contributed by atoms with Crippen molar-refractivity contribution >= 4 is 17.8 Å². The summed E-state index contributed by atoms with van der Waals surface area (Å²) >= 11 is 0. The number of hydrogen-bond donors (Lipinski definition) is 2. The molecule has 2 heterocycles. The summed E-state index contributed by atoms with van der Waals surface area (Å²) in [6, 6.07) is 0. The number of fused-ring (bicyclic) bond motifs is 5. The molecule has 0 spiro atoms. The van der Waals surface area contributed by atoms with Gasteiger partial charge in [-0.15, -0.1) is 0 Å². The molecule has 3 aliphatic rings. The number of amides is 2. The second kappa shape index (κ2) is 7.17. The molecule has 1 saturated carbocycles. The lowest BCUT2D eigenvalue weighted by Gasteiger charge is -2.18. The van der Waals surface area contributed by atoms with Crippen molar-refractivity contribution in [3.63, 3.8) is 0 Å². The zero-order chi connectivity index (χ0) is 19.0. The minimum Gasteiger partial charge on any atom is -0.355 e. The van der Waals surface area contributed by atoms with Gasteiger partial charge in [0, 0.05) is 32.9 Å². The standard InChI is InChI=1S/C19H26N6O2/c1-12-10-23-24(11-12)7-5-21-19(20-2)22-6-8-25-17(26)15-13-3-4-14(9-13)16(15)18(25)27/h3-4,10-11,13-16H,5-9H2,1-2H3,(H2,20,21,22). The van der Waals surface area contributed by atoms with Crippen LogP contribution in [0, 0.1) is 30.6 Å². The number of aliphatic imine (C=N–C) groups is 1. The Morgan fingerprint density at radius 2 is 1.78 bits per heavy atom. The van der Waals surface area contributed by atoms with Crippen molar-refractivity contribution in [2.75, 3.05) is 26.7 Å². The Morgan fingerprint density at radius 1 is 1.15 bits per heavy atom. The van der Waals surface area contributed by atoms with Crippen molar-refractivity contribution in [2.45, 2.75) is 19.9 Å². The van der Waals surface area contributed by atoms with E-state index in [-0.39, 0.29) is 35.5 Å². The minimum atomic E-state index is -0.123. The zero-order valence-electron chi connectivity index (χ0n) is 15.8. The Morgan fingerprint density at radius 3 is 2.33 bits per heavy atom. The molecule has 4 atom stereocenters. The van der Waals surface area contributed by atoms with Crippen LogP contribution in [0.3, 0.4) is 0 Å². The Kier molecular flexibility index (Phi) is 4.72. The maximum atomic E-state index is 12.7. The lowest BCUT2D eigenvalue weighted by atomic mass is 9.85. The number of guanidine groups is 1. The molecule has 4 unspecified atom stereocenters. The molecule has 1 aromatic heterocycles. The number of rotatable bonds is 6. The van der Waals surface area contributed by atoms with Crippen LogP contribution < -0.4 is 10.6 Å². The first-order valence-corrected chi connectivity index (χ1v) is 9.55. The highest BCUT2D eigenvalue weighted by atomic mass is 16.2. The van der Waals surface area contributed by atoms with Crippen LogP contribution in [0.15, 0.2) is 29.5 Å². The SMILES string of the molecule is CN=C(NCCN1C(=O)C2C3C=CC(C3)C2C1=O)NCCn1cc(C)cn1. The van der Waals surface area contributed by atoms with Crippen molar-refractivity contribution in [1.29, 1.82) is 0 Å². The van der Waals surface area contributed by atoms with Crippen LogP contribution in [0.4, 0.5) is 0 Å². The topological polar surface area (TPSA) is 91.6 Å². The molecule has 144 valence electrons. The summed E-state index contributed by atoms with van der Waals surface area (Å²) in [6.45, 7) is 4.29. The monoisotopic (exact) mass is 370 g/mol. The normalized spacial score (nSPS) is 29.0. The van der Waals surface area contributed by atoms with Gasteiger partial charge in [0.1, 0.15) is 0 Å². The van der Waals surface area contributed by atoms with E-state index in [0.717, 1.165) is 18.5 Å². The fourth-order valence-corrected chi connectivity index (χ4v) is 4.57. The molecule has 8 heteroatoms. The van der Waals surface area contributed by atoms with Gasteiger partial charge in [-0.25, -0.2) is 0 Å². The maximum Gasteiger partial charge on any atom is 0.233 e. The molecule has 2 amide bonds. The Hall–Kier alpha value is -2.64. The number of allylic oxidation sites excluding steroid dienone is 2. The highest BCUT2D eigenvalue weighted by Gasteiger charge is 2.58. The molecule has 1 aromatic rings. The van der Waals surface area contributed by atoms with Gasteiger partial charge in [0.2, 0.25) is 11.8 Å². The third kappa shape index (κ3) is 3.24. The van der Waals surface area contributed by atoms with Crippen LogP contribution in [-0.2, 0) is 16.1 Å². The largest absolute Gasteiger partial charge is 0.355 e. The lowest BCUT2D eigenvalue weighted by Crippen LogP contribution is -2.44. The molecule has 1 aliphatic heterocycles. The lowest BCUT2D eigenvalue weighted by molar-refractivity contribution is -0.140. The van der Waals surface area contributed by atoms with E-state index in [1.54, 1.807) is 7.05 Å². The van der Waals surface area contributed by atoms with Crippen LogP contribution in [-0.4, -0.2) is 59.1 Å². The van der Waals surface area contributed by atoms with Crippen molar-refractivity contribution in [2.24, 2.45) is 28.7 Å². The maximum absolute atomic E-state index is 12.7. The van der Waals surface area contributed by atoms with Crippen molar-refractivity contribution in [1.82, 2.24) is 25.3 Å².